The van der Waals surface area contributed by atoms with Crippen LogP contribution in [-0.2, 0) is 6.42 Å². The molecule has 1 heterocycles. The maximum atomic E-state index is 12.4. The highest BCUT2D eigenvalue weighted by atomic mass is 32.1. The van der Waals surface area contributed by atoms with Gasteiger partial charge in [0.25, 0.3) is 5.91 Å². The molecule has 0 radical (unpaired) electrons. The minimum absolute atomic E-state index is 0.0332. The Morgan fingerprint density at radius 2 is 2.14 bits per heavy atom. The molecule has 3 nitrogen and oxygen atoms in total. The van der Waals surface area contributed by atoms with Crippen LogP contribution < -0.4 is 11.1 Å². The predicted octanol–water partition coefficient (Wildman–Crippen LogP) is 3.75. The van der Waals surface area contributed by atoms with Gasteiger partial charge >= 0.3 is 0 Å². The minimum atomic E-state index is 0.0332. The number of rotatable bonds is 2. The van der Waals surface area contributed by atoms with Crippen LogP contribution in [-0.4, -0.2) is 5.91 Å². The molecule has 1 aromatic heterocycles. The van der Waals surface area contributed by atoms with Gasteiger partial charge in [0, 0.05) is 10.6 Å². The molecule has 3 N–H and O–H groups in total. The fourth-order valence-corrected chi connectivity index (χ4v) is 3.84. The van der Waals surface area contributed by atoms with Crippen LogP contribution in [0.15, 0.2) is 24.3 Å². The summed E-state index contributed by atoms with van der Waals surface area (Å²) in [5.41, 5.74) is 10.3. The number of thiophene rings is 1. The predicted molar refractivity (Wildman–Crippen MR) is 87.8 cm³/mol. The number of hydrogen-bond acceptors (Lipinski definition) is 3. The Hall–Kier alpha value is -1.81. The molecule has 0 saturated heterocycles. The highest BCUT2D eigenvalue weighted by Gasteiger charge is 2.23. The van der Waals surface area contributed by atoms with Crippen LogP contribution in [0.3, 0.4) is 0 Å². The molecule has 21 heavy (non-hydrogen) atoms. The summed E-state index contributed by atoms with van der Waals surface area (Å²) >= 11 is 1.56. The molecule has 3 rings (SSSR count). The molecule has 110 valence electrons. The number of amides is 1. The van der Waals surface area contributed by atoms with Crippen molar-refractivity contribution in [1.82, 2.24) is 5.32 Å². The first-order valence-electron chi connectivity index (χ1n) is 7.31. The zero-order valence-electron chi connectivity index (χ0n) is 12.4. The van der Waals surface area contributed by atoms with Crippen LogP contribution in [0.2, 0.25) is 0 Å². The van der Waals surface area contributed by atoms with E-state index in [1.54, 1.807) is 11.3 Å². The monoisotopic (exact) mass is 300 g/mol. The van der Waals surface area contributed by atoms with E-state index in [0.29, 0.717) is 0 Å². The first kappa shape index (κ1) is 14.1. The van der Waals surface area contributed by atoms with Crippen molar-refractivity contribution in [2.45, 2.75) is 39.2 Å². The lowest BCUT2D eigenvalue weighted by atomic mass is 9.87. The average Bonchev–Trinajstić information content (AvgIpc) is 2.79. The number of nitrogen functional groups attached to an aromatic ring is 1. The summed E-state index contributed by atoms with van der Waals surface area (Å²) in [6.45, 7) is 4.09. The molecule has 1 amide bonds. The van der Waals surface area contributed by atoms with Gasteiger partial charge in [-0.15, -0.1) is 11.3 Å². The van der Waals surface area contributed by atoms with Gasteiger partial charge < -0.3 is 11.1 Å². The molecule has 1 aliphatic carbocycles. The lowest BCUT2D eigenvalue weighted by Crippen LogP contribution is -2.30. The molecular formula is C17H20N2OS. The number of benzene rings is 1. The molecule has 0 saturated carbocycles. The fourth-order valence-electron chi connectivity index (χ4n) is 2.90. The summed E-state index contributed by atoms with van der Waals surface area (Å²) in [6, 6.07) is 8.09. The second-order valence-corrected chi connectivity index (χ2v) is 6.98. The van der Waals surface area contributed by atoms with E-state index in [1.807, 2.05) is 25.1 Å². The highest BCUT2D eigenvalue weighted by Crippen LogP contribution is 2.31. The molecular weight excluding hydrogens is 280 g/mol. The van der Waals surface area contributed by atoms with Crippen LogP contribution in [0.1, 0.15) is 50.1 Å². The Morgan fingerprint density at radius 1 is 1.33 bits per heavy atom. The zero-order chi connectivity index (χ0) is 15.0. The van der Waals surface area contributed by atoms with Crippen molar-refractivity contribution in [2.75, 3.05) is 5.73 Å². The van der Waals surface area contributed by atoms with E-state index in [4.69, 9.17) is 5.73 Å². The van der Waals surface area contributed by atoms with Crippen molar-refractivity contribution in [3.05, 3.63) is 50.7 Å². The number of fused-ring (bicyclic) bond motifs is 1. The van der Waals surface area contributed by atoms with Crippen LogP contribution in [0.25, 0.3) is 0 Å². The Labute approximate surface area is 129 Å². The zero-order valence-corrected chi connectivity index (χ0v) is 13.2. The molecule has 0 spiro atoms. The maximum absolute atomic E-state index is 12.4. The van der Waals surface area contributed by atoms with Crippen molar-refractivity contribution in [1.29, 1.82) is 0 Å². The van der Waals surface area contributed by atoms with Gasteiger partial charge in [-0.2, -0.15) is 0 Å². The Balaban J connectivity index is 1.81. The standard InChI is InChI=1S/C17H20N2OS/c1-10-8-16(21-11(10)2)17(20)19-15-5-3-4-12-9-13(18)6-7-14(12)15/h6-9,15H,3-5,18H2,1-2H3,(H,19,20). The Morgan fingerprint density at radius 3 is 2.86 bits per heavy atom. The highest BCUT2D eigenvalue weighted by molar-refractivity contribution is 7.14. The number of nitrogens with two attached hydrogens (primary N) is 1. The molecule has 1 aliphatic rings. The third-order valence-electron chi connectivity index (χ3n) is 4.18. The quantitative estimate of drug-likeness (QED) is 0.830. The third kappa shape index (κ3) is 2.81. The van der Waals surface area contributed by atoms with Gasteiger partial charge in [0.15, 0.2) is 0 Å². The fraction of sp³-hybridized carbons (Fsp3) is 0.353. The maximum Gasteiger partial charge on any atom is 0.261 e. The number of carbonyl (C=O) groups is 1. The van der Waals surface area contributed by atoms with Gasteiger partial charge in [-0.05, 0) is 68.0 Å². The van der Waals surface area contributed by atoms with E-state index < -0.39 is 0 Å². The Bertz CT molecular complexity index is 671. The molecule has 1 atom stereocenters. The first-order valence-corrected chi connectivity index (χ1v) is 8.12. The summed E-state index contributed by atoms with van der Waals surface area (Å²) in [4.78, 5) is 14.4. The SMILES string of the molecule is Cc1cc(C(=O)NC2CCCc3cc(N)ccc32)sc1C. The van der Waals surface area contributed by atoms with Crippen molar-refractivity contribution in [3.8, 4) is 0 Å². The summed E-state index contributed by atoms with van der Waals surface area (Å²) in [5.74, 6) is 0.0332. The molecule has 0 aliphatic heterocycles. The largest absolute Gasteiger partial charge is 0.399 e. The molecule has 2 aromatic rings. The Kier molecular flexibility index (Phi) is 3.72. The minimum Gasteiger partial charge on any atom is -0.399 e. The van der Waals surface area contributed by atoms with E-state index in [-0.39, 0.29) is 11.9 Å². The van der Waals surface area contributed by atoms with Gasteiger partial charge in [0.2, 0.25) is 0 Å². The molecule has 1 unspecified atom stereocenters. The number of hydrogen-bond donors (Lipinski definition) is 2. The van der Waals surface area contributed by atoms with Crippen molar-refractivity contribution in [2.24, 2.45) is 0 Å². The van der Waals surface area contributed by atoms with Crippen LogP contribution in [0, 0.1) is 13.8 Å². The van der Waals surface area contributed by atoms with Crippen LogP contribution in [0.4, 0.5) is 5.69 Å². The van der Waals surface area contributed by atoms with Gasteiger partial charge in [-0.3, -0.25) is 4.79 Å². The van der Waals surface area contributed by atoms with Crippen molar-refractivity contribution < 1.29 is 4.79 Å². The van der Waals surface area contributed by atoms with E-state index in [2.05, 4.69) is 18.3 Å². The lowest BCUT2D eigenvalue weighted by molar-refractivity contribution is 0.0937. The summed E-state index contributed by atoms with van der Waals surface area (Å²) in [6.07, 6.45) is 3.12. The second kappa shape index (κ2) is 5.53. The van der Waals surface area contributed by atoms with Crippen LogP contribution >= 0.6 is 11.3 Å². The molecule has 4 heteroatoms. The summed E-state index contributed by atoms with van der Waals surface area (Å²) in [7, 11) is 0. The first-order chi connectivity index (χ1) is 10.0. The molecule has 0 bridgehead atoms. The van der Waals surface area contributed by atoms with Gasteiger partial charge in [0.05, 0.1) is 10.9 Å². The second-order valence-electron chi connectivity index (χ2n) is 5.73. The topological polar surface area (TPSA) is 55.1 Å². The third-order valence-corrected chi connectivity index (χ3v) is 5.33. The van der Waals surface area contributed by atoms with Crippen LogP contribution in [0.5, 0.6) is 0 Å². The average molecular weight is 300 g/mol. The molecule has 0 fully saturated rings. The number of nitrogens with one attached hydrogen (secondary N) is 1. The van der Waals surface area contributed by atoms with Crippen molar-refractivity contribution >= 4 is 22.9 Å². The van der Waals surface area contributed by atoms with Gasteiger partial charge in [0.1, 0.15) is 0 Å². The lowest BCUT2D eigenvalue weighted by Gasteiger charge is -2.26. The smallest absolute Gasteiger partial charge is 0.261 e. The number of aryl methyl sites for hydroxylation is 3. The normalized spacial score (nSPS) is 17.3. The summed E-state index contributed by atoms with van der Waals surface area (Å²) < 4.78 is 0. The summed E-state index contributed by atoms with van der Waals surface area (Å²) in [5, 5.41) is 3.18. The number of anilines is 1. The van der Waals surface area contributed by atoms with E-state index >= 15 is 0 Å². The van der Waals surface area contributed by atoms with Gasteiger partial charge in [-0.1, -0.05) is 6.07 Å². The van der Waals surface area contributed by atoms with Gasteiger partial charge in [-0.25, -0.2) is 0 Å². The van der Waals surface area contributed by atoms with E-state index in [0.717, 1.165) is 29.8 Å². The van der Waals surface area contributed by atoms with E-state index in [9.17, 15) is 4.79 Å². The van der Waals surface area contributed by atoms with E-state index in [1.165, 1.54) is 21.6 Å². The molecule has 1 aromatic carbocycles. The number of carbonyl (C=O) groups excluding carboxylic acids is 1. The van der Waals surface area contributed by atoms with Crippen molar-refractivity contribution in [3.63, 3.8) is 0 Å².